The summed E-state index contributed by atoms with van der Waals surface area (Å²) in [6.45, 7) is 0.757. The summed E-state index contributed by atoms with van der Waals surface area (Å²) in [5, 5.41) is 6.72. The van der Waals surface area contributed by atoms with Crippen LogP contribution in [0.5, 0.6) is 0 Å². The molecule has 2 rings (SSSR count). The molecular weight excluding hydrogens is 262 g/mol. The van der Waals surface area contributed by atoms with Crippen molar-refractivity contribution < 1.29 is 19.1 Å². The molecule has 7 heteroatoms. The van der Waals surface area contributed by atoms with E-state index in [0.29, 0.717) is 12.1 Å². The molecule has 1 unspecified atom stereocenters. The van der Waals surface area contributed by atoms with Crippen molar-refractivity contribution in [1.82, 2.24) is 9.78 Å². The van der Waals surface area contributed by atoms with Gasteiger partial charge in [-0.25, -0.2) is 0 Å². The van der Waals surface area contributed by atoms with Gasteiger partial charge in [-0.05, 0) is 19.3 Å². The lowest BCUT2D eigenvalue weighted by molar-refractivity contribution is -0.141. The van der Waals surface area contributed by atoms with Crippen molar-refractivity contribution >= 4 is 17.6 Å². The van der Waals surface area contributed by atoms with Gasteiger partial charge in [0, 0.05) is 12.8 Å². The normalized spacial score (nSPS) is 18.6. The van der Waals surface area contributed by atoms with Crippen molar-refractivity contribution in [3.63, 3.8) is 0 Å². The Morgan fingerprint density at radius 1 is 1.55 bits per heavy atom. The van der Waals surface area contributed by atoms with Crippen molar-refractivity contribution in [1.29, 1.82) is 0 Å². The molecule has 1 fully saturated rings. The summed E-state index contributed by atoms with van der Waals surface area (Å²) >= 11 is 0. The zero-order valence-corrected chi connectivity index (χ0v) is 11.5. The van der Waals surface area contributed by atoms with Gasteiger partial charge in [0.1, 0.15) is 6.54 Å². The molecule has 0 aromatic carbocycles. The molecule has 0 bridgehead atoms. The molecule has 110 valence electrons. The highest BCUT2D eigenvalue weighted by molar-refractivity contribution is 5.90. The van der Waals surface area contributed by atoms with Crippen LogP contribution in [0, 0.1) is 0 Å². The second kappa shape index (κ2) is 7.04. The SMILES string of the molecule is COC(=O)Cn1cc(NC(=O)CC2CCCCO2)cn1. The van der Waals surface area contributed by atoms with Gasteiger partial charge in [-0.2, -0.15) is 5.10 Å². The average Bonchev–Trinajstić information content (AvgIpc) is 2.86. The molecule has 1 aliphatic heterocycles. The number of hydrogen-bond acceptors (Lipinski definition) is 5. The molecule has 1 saturated heterocycles. The molecule has 1 amide bonds. The van der Waals surface area contributed by atoms with Crippen LogP contribution in [0.3, 0.4) is 0 Å². The number of hydrogen-bond donors (Lipinski definition) is 1. The van der Waals surface area contributed by atoms with Crippen molar-refractivity contribution in [3.8, 4) is 0 Å². The average molecular weight is 281 g/mol. The largest absolute Gasteiger partial charge is 0.468 e. The summed E-state index contributed by atoms with van der Waals surface area (Å²) in [5.41, 5.74) is 0.565. The molecule has 0 aliphatic carbocycles. The number of amides is 1. The van der Waals surface area contributed by atoms with E-state index >= 15 is 0 Å². The third kappa shape index (κ3) is 4.34. The Balaban J connectivity index is 1.80. The standard InChI is InChI=1S/C13H19N3O4/c1-19-13(18)9-16-8-10(7-14-16)15-12(17)6-11-4-2-3-5-20-11/h7-8,11H,2-6,9H2,1H3,(H,15,17). The quantitative estimate of drug-likeness (QED) is 0.813. The molecule has 1 N–H and O–H groups in total. The molecule has 0 spiro atoms. The van der Waals surface area contributed by atoms with E-state index in [9.17, 15) is 9.59 Å². The first-order chi connectivity index (χ1) is 9.67. The summed E-state index contributed by atoms with van der Waals surface area (Å²) < 4.78 is 11.5. The zero-order chi connectivity index (χ0) is 14.4. The molecule has 1 atom stereocenters. The Morgan fingerprint density at radius 3 is 3.10 bits per heavy atom. The van der Waals surface area contributed by atoms with E-state index in [1.165, 1.54) is 18.0 Å². The first-order valence-electron chi connectivity index (χ1n) is 6.68. The number of carbonyl (C=O) groups excluding carboxylic acids is 2. The third-order valence-corrected chi connectivity index (χ3v) is 3.12. The highest BCUT2D eigenvalue weighted by atomic mass is 16.5. The van der Waals surface area contributed by atoms with Crippen LogP contribution < -0.4 is 5.32 Å². The van der Waals surface area contributed by atoms with Crippen LogP contribution in [0.4, 0.5) is 5.69 Å². The summed E-state index contributed by atoms with van der Waals surface area (Å²) in [6, 6.07) is 0. The number of carbonyl (C=O) groups is 2. The van der Waals surface area contributed by atoms with Crippen LogP contribution >= 0.6 is 0 Å². The lowest BCUT2D eigenvalue weighted by Gasteiger charge is -2.21. The molecule has 7 nitrogen and oxygen atoms in total. The van der Waals surface area contributed by atoms with Crippen LogP contribution in [0.25, 0.3) is 0 Å². The van der Waals surface area contributed by atoms with Crippen molar-refractivity contribution in [2.24, 2.45) is 0 Å². The lowest BCUT2D eigenvalue weighted by atomic mass is 10.1. The van der Waals surface area contributed by atoms with E-state index in [0.717, 1.165) is 25.9 Å². The van der Waals surface area contributed by atoms with Crippen LogP contribution in [0.1, 0.15) is 25.7 Å². The minimum Gasteiger partial charge on any atom is -0.468 e. The van der Waals surface area contributed by atoms with Crippen molar-refractivity contribution in [2.75, 3.05) is 19.0 Å². The number of nitrogens with zero attached hydrogens (tertiary/aromatic N) is 2. The maximum Gasteiger partial charge on any atom is 0.327 e. The van der Waals surface area contributed by atoms with Gasteiger partial charge in [0.25, 0.3) is 0 Å². The highest BCUT2D eigenvalue weighted by Crippen LogP contribution is 2.16. The fraction of sp³-hybridized carbons (Fsp3) is 0.615. The number of rotatable bonds is 5. The Morgan fingerprint density at radius 2 is 2.40 bits per heavy atom. The molecular formula is C13H19N3O4. The van der Waals surface area contributed by atoms with Gasteiger partial charge in [-0.15, -0.1) is 0 Å². The Hall–Kier alpha value is -1.89. The maximum atomic E-state index is 11.8. The Kier molecular flexibility index (Phi) is 5.11. The number of methoxy groups -OCH3 is 1. The molecule has 1 aromatic rings. The van der Waals surface area contributed by atoms with E-state index < -0.39 is 0 Å². The van der Waals surface area contributed by atoms with Crippen LogP contribution in [-0.4, -0.2) is 41.5 Å². The van der Waals surface area contributed by atoms with E-state index in [-0.39, 0.29) is 24.5 Å². The fourth-order valence-electron chi connectivity index (χ4n) is 2.10. The van der Waals surface area contributed by atoms with Gasteiger partial charge in [0.05, 0.1) is 31.5 Å². The first-order valence-corrected chi connectivity index (χ1v) is 6.68. The van der Waals surface area contributed by atoms with E-state index in [4.69, 9.17) is 4.74 Å². The molecule has 2 heterocycles. The van der Waals surface area contributed by atoms with Crippen LogP contribution in [0.15, 0.2) is 12.4 Å². The van der Waals surface area contributed by atoms with Crippen molar-refractivity contribution in [2.45, 2.75) is 38.3 Å². The first kappa shape index (κ1) is 14.5. The zero-order valence-electron chi connectivity index (χ0n) is 11.5. The predicted octanol–water partition coefficient (Wildman–Crippen LogP) is 0.954. The van der Waals surface area contributed by atoms with E-state index in [2.05, 4.69) is 15.2 Å². The van der Waals surface area contributed by atoms with Crippen LogP contribution in [0.2, 0.25) is 0 Å². The Bertz CT molecular complexity index is 466. The number of ether oxygens (including phenoxy) is 2. The third-order valence-electron chi connectivity index (χ3n) is 3.12. The minimum absolute atomic E-state index is 0.00821. The number of esters is 1. The summed E-state index contributed by atoms with van der Waals surface area (Å²) in [7, 11) is 1.32. The van der Waals surface area contributed by atoms with Gasteiger partial charge in [0.15, 0.2) is 0 Å². The molecule has 1 aromatic heterocycles. The Labute approximate surface area is 117 Å². The maximum absolute atomic E-state index is 11.8. The monoisotopic (exact) mass is 281 g/mol. The number of anilines is 1. The molecule has 20 heavy (non-hydrogen) atoms. The summed E-state index contributed by atoms with van der Waals surface area (Å²) in [5.74, 6) is -0.490. The van der Waals surface area contributed by atoms with Gasteiger partial charge in [-0.1, -0.05) is 0 Å². The second-order valence-electron chi connectivity index (χ2n) is 4.74. The van der Waals surface area contributed by atoms with Gasteiger partial charge in [0.2, 0.25) is 5.91 Å². The molecule has 0 radical (unpaired) electrons. The summed E-state index contributed by atoms with van der Waals surface area (Å²) in [6.07, 6.45) is 6.55. The topological polar surface area (TPSA) is 82.5 Å². The van der Waals surface area contributed by atoms with E-state index in [1.54, 1.807) is 6.20 Å². The van der Waals surface area contributed by atoms with E-state index in [1.807, 2.05) is 0 Å². The molecule has 0 saturated carbocycles. The van der Waals surface area contributed by atoms with Gasteiger partial charge in [-0.3, -0.25) is 14.3 Å². The lowest BCUT2D eigenvalue weighted by Crippen LogP contribution is -2.25. The van der Waals surface area contributed by atoms with Gasteiger partial charge < -0.3 is 14.8 Å². The second-order valence-corrected chi connectivity index (χ2v) is 4.74. The highest BCUT2D eigenvalue weighted by Gasteiger charge is 2.18. The minimum atomic E-state index is -0.387. The van der Waals surface area contributed by atoms with Crippen molar-refractivity contribution in [3.05, 3.63) is 12.4 Å². The van der Waals surface area contributed by atoms with Crippen LogP contribution in [-0.2, 0) is 25.6 Å². The predicted molar refractivity (Wildman–Crippen MR) is 71.1 cm³/mol. The number of nitrogens with one attached hydrogen (secondary N) is 1. The smallest absolute Gasteiger partial charge is 0.327 e. The fourth-order valence-corrected chi connectivity index (χ4v) is 2.10. The summed E-state index contributed by atoms with van der Waals surface area (Å²) in [4.78, 5) is 22.9. The number of aromatic nitrogens is 2. The van der Waals surface area contributed by atoms with Gasteiger partial charge >= 0.3 is 5.97 Å². The molecule has 1 aliphatic rings.